The second-order valence-corrected chi connectivity index (χ2v) is 5.30. The maximum atomic E-state index is 13.2. The van der Waals surface area contributed by atoms with E-state index in [1.165, 1.54) is 18.3 Å². The molecule has 6 heteroatoms. The predicted molar refractivity (Wildman–Crippen MR) is 90.6 cm³/mol. The van der Waals surface area contributed by atoms with E-state index in [1.807, 2.05) is 6.07 Å². The molecule has 1 aromatic heterocycles. The van der Waals surface area contributed by atoms with Crippen molar-refractivity contribution in [2.45, 2.75) is 0 Å². The Morgan fingerprint density at radius 2 is 1.92 bits per heavy atom. The lowest BCUT2D eigenvalue weighted by Crippen LogP contribution is -2.17. The molecule has 1 N–H and O–H groups in total. The Labute approximate surface area is 142 Å². The summed E-state index contributed by atoms with van der Waals surface area (Å²) in [5.74, 6) is 0.160. The van der Waals surface area contributed by atoms with Crippen molar-refractivity contribution in [2.75, 3.05) is 0 Å². The van der Waals surface area contributed by atoms with Crippen LogP contribution in [0.3, 0.4) is 0 Å². The molecule has 0 saturated heterocycles. The molecule has 3 rings (SSSR count). The highest BCUT2D eigenvalue weighted by Crippen LogP contribution is 2.26. The molecule has 24 heavy (non-hydrogen) atoms. The highest BCUT2D eigenvalue weighted by Gasteiger charge is 2.07. The van der Waals surface area contributed by atoms with Crippen molar-refractivity contribution in [1.82, 2.24) is 5.43 Å². The molecule has 1 heterocycles. The topological polar surface area (TPSA) is 54.6 Å². The molecular weight excluding hydrogens is 331 g/mol. The predicted octanol–water partition coefficient (Wildman–Crippen LogP) is 4.50. The number of hydrogen-bond donors (Lipinski definition) is 1. The van der Waals surface area contributed by atoms with Gasteiger partial charge in [-0.15, -0.1) is 0 Å². The Morgan fingerprint density at radius 1 is 1.12 bits per heavy atom. The van der Waals surface area contributed by atoms with Crippen LogP contribution < -0.4 is 5.43 Å². The van der Waals surface area contributed by atoms with Crippen LogP contribution in [0.25, 0.3) is 11.3 Å². The molecule has 0 saturated carbocycles. The molecule has 1 amide bonds. The van der Waals surface area contributed by atoms with E-state index in [4.69, 9.17) is 16.0 Å². The number of amides is 1. The number of nitrogens with zero attached hydrogens (tertiary/aromatic N) is 1. The fourth-order valence-corrected chi connectivity index (χ4v) is 2.22. The van der Waals surface area contributed by atoms with Gasteiger partial charge in [0.2, 0.25) is 0 Å². The molecule has 0 unspecified atom stereocenters. The van der Waals surface area contributed by atoms with E-state index in [0.717, 1.165) is 0 Å². The molecule has 4 nitrogen and oxygen atoms in total. The number of hydrogen-bond acceptors (Lipinski definition) is 3. The summed E-state index contributed by atoms with van der Waals surface area (Å²) < 4.78 is 18.7. The van der Waals surface area contributed by atoms with Crippen LogP contribution in [0.1, 0.15) is 16.1 Å². The highest BCUT2D eigenvalue weighted by molar-refractivity contribution is 6.31. The van der Waals surface area contributed by atoms with Crippen LogP contribution in [0.5, 0.6) is 0 Å². The Morgan fingerprint density at radius 3 is 2.67 bits per heavy atom. The number of benzene rings is 2. The smallest absolute Gasteiger partial charge is 0.271 e. The van der Waals surface area contributed by atoms with Gasteiger partial charge in [0.05, 0.1) is 11.2 Å². The summed E-state index contributed by atoms with van der Waals surface area (Å²) in [7, 11) is 0. The summed E-state index contributed by atoms with van der Waals surface area (Å²) in [4.78, 5) is 11.8. The van der Waals surface area contributed by atoms with Gasteiger partial charge in [-0.25, -0.2) is 9.82 Å². The molecule has 3 aromatic rings. The van der Waals surface area contributed by atoms with Gasteiger partial charge >= 0.3 is 0 Å². The van der Waals surface area contributed by atoms with Crippen molar-refractivity contribution >= 4 is 23.7 Å². The van der Waals surface area contributed by atoms with E-state index >= 15 is 0 Å². The normalized spacial score (nSPS) is 10.9. The molecule has 0 atom stereocenters. The van der Waals surface area contributed by atoms with E-state index in [2.05, 4.69) is 10.5 Å². The summed E-state index contributed by atoms with van der Waals surface area (Å²) in [6.07, 6.45) is 1.38. The number of hydrazone groups is 1. The van der Waals surface area contributed by atoms with Gasteiger partial charge in [0.1, 0.15) is 17.3 Å². The summed E-state index contributed by atoms with van der Waals surface area (Å²) in [5.41, 5.74) is 3.57. The Hall–Kier alpha value is -2.92. The minimum absolute atomic E-state index is 0.0224. The molecule has 0 aliphatic heterocycles. The van der Waals surface area contributed by atoms with Gasteiger partial charge in [-0.05, 0) is 42.5 Å². The Bertz CT molecular complexity index is 891. The Kier molecular flexibility index (Phi) is 4.72. The van der Waals surface area contributed by atoms with E-state index in [-0.39, 0.29) is 10.9 Å². The summed E-state index contributed by atoms with van der Waals surface area (Å²) >= 11 is 5.76. The zero-order valence-corrected chi connectivity index (χ0v) is 13.1. The maximum absolute atomic E-state index is 13.2. The van der Waals surface area contributed by atoms with Crippen LogP contribution in [0, 0.1) is 5.82 Å². The lowest BCUT2D eigenvalue weighted by Gasteiger charge is -1.99. The lowest BCUT2D eigenvalue weighted by atomic mass is 10.2. The third-order valence-electron chi connectivity index (χ3n) is 3.22. The summed E-state index contributed by atoms with van der Waals surface area (Å²) in [6.45, 7) is 0. The average molecular weight is 343 g/mol. The minimum Gasteiger partial charge on any atom is -0.455 e. The molecule has 0 fully saturated rings. The molecule has 0 radical (unpaired) electrons. The Balaban J connectivity index is 1.67. The van der Waals surface area contributed by atoms with E-state index in [1.54, 1.807) is 42.5 Å². The standard InChI is InChI=1S/C18H12ClFN2O2/c19-15-10-13(6-8-16(15)20)17-9-7-14(24-17)11-21-22-18(23)12-4-2-1-3-5-12/h1-11H,(H,22,23)/b21-11+. The average Bonchev–Trinajstić information content (AvgIpc) is 3.07. The van der Waals surface area contributed by atoms with Crippen molar-refractivity contribution < 1.29 is 13.6 Å². The monoisotopic (exact) mass is 342 g/mol. The van der Waals surface area contributed by atoms with Crippen molar-refractivity contribution in [1.29, 1.82) is 0 Å². The zero-order valence-electron chi connectivity index (χ0n) is 12.4. The van der Waals surface area contributed by atoms with Crippen molar-refractivity contribution in [2.24, 2.45) is 5.10 Å². The maximum Gasteiger partial charge on any atom is 0.271 e. The summed E-state index contributed by atoms with van der Waals surface area (Å²) in [6, 6.07) is 16.5. The van der Waals surface area contributed by atoms with Gasteiger partial charge in [0.25, 0.3) is 5.91 Å². The van der Waals surface area contributed by atoms with Crippen LogP contribution in [0.2, 0.25) is 5.02 Å². The molecule has 0 aliphatic carbocycles. The number of furan rings is 1. The lowest BCUT2D eigenvalue weighted by molar-refractivity contribution is 0.0955. The van der Waals surface area contributed by atoms with Gasteiger partial charge in [0.15, 0.2) is 0 Å². The van der Waals surface area contributed by atoms with Crippen molar-refractivity contribution in [3.8, 4) is 11.3 Å². The first kappa shape index (κ1) is 16.0. The first-order valence-corrected chi connectivity index (χ1v) is 7.45. The number of halogens is 2. The summed E-state index contributed by atoms with van der Waals surface area (Å²) in [5, 5.41) is 3.87. The molecule has 0 spiro atoms. The largest absolute Gasteiger partial charge is 0.455 e. The van der Waals surface area contributed by atoms with E-state index < -0.39 is 5.82 Å². The second kappa shape index (κ2) is 7.10. The second-order valence-electron chi connectivity index (χ2n) is 4.90. The minimum atomic E-state index is -0.489. The third kappa shape index (κ3) is 3.70. The van der Waals surface area contributed by atoms with Crippen LogP contribution in [-0.2, 0) is 0 Å². The van der Waals surface area contributed by atoms with Crippen LogP contribution in [0.4, 0.5) is 4.39 Å². The fourth-order valence-electron chi connectivity index (χ4n) is 2.04. The zero-order chi connectivity index (χ0) is 16.9. The number of carbonyl (C=O) groups excluding carboxylic acids is 1. The quantitative estimate of drug-likeness (QED) is 0.560. The van der Waals surface area contributed by atoms with Crippen LogP contribution >= 0.6 is 11.6 Å². The van der Waals surface area contributed by atoms with E-state index in [9.17, 15) is 9.18 Å². The number of carbonyl (C=O) groups is 1. The molecule has 2 aromatic carbocycles. The van der Waals surface area contributed by atoms with Crippen LogP contribution in [-0.4, -0.2) is 12.1 Å². The first-order chi connectivity index (χ1) is 11.6. The highest BCUT2D eigenvalue weighted by atomic mass is 35.5. The third-order valence-corrected chi connectivity index (χ3v) is 3.51. The molecular formula is C18H12ClFN2O2. The van der Waals surface area contributed by atoms with Crippen LogP contribution in [0.15, 0.2) is 70.2 Å². The van der Waals surface area contributed by atoms with E-state index in [0.29, 0.717) is 22.6 Å². The van der Waals surface area contributed by atoms with Gasteiger partial charge in [-0.2, -0.15) is 5.10 Å². The van der Waals surface area contributed by atoms with Crippen molar-refractivity contribution in [3.63, 3.8) is 0 Å². The fraction of sp³-hybridized carbons (Fsp3) is 0. The first-order valence-electron chi connectivity index (χ1n) is 7.07. The van der Waals surface area contributed by atoms with Crippen molar-refractivity contribution in [3.05, 3.63) is 82.8 Å². The SMILES string of the molecule is O=C(N/N=C/c1ccc(-c2ccc(F)c(Cl)c2)o1)c1ccccc1. The number of rotatable bonds is 4. The van der Waals surface area contributed by atoms with Gasteiger partial charge in [-0.3, -0.25) is 4.79 Å². The van der Waals surface area contributed by atoms with Gasteiger partial charge in [0, 0.05) is 11.1 Å². The molecule has 0 aliphatic rings. The number of nitrogens with one attached hydrogen (secondary N) is 1. The van der Waals surface area contributed by atoms with Gasteiger partial charge < -0.3 is 4.42 Å². The molecule has 0 bridgehead atoms. The molecule has 120 valence electrons. The van der Waals surface area contributed by atoms with Gasteiger partial charge in [-0.1, -0.05) is 29.8 Å².